The van der Waals surface area contributed by atoms with Gasteiger partial charge in [-0.3, -0.25) is 0 Å². The van der Waals surface area contributed by atoms with E-state index in [1.165, 1.54) is 12.1 Å². The van der Waals surface area contributed by atoms with E-state index >= 15 is 0 Å². The molecule has 0 bridgehead atoms. The second kappa shape index (κ2) is 9.02. The number of hydrogen-bond donors (Lipinski definition) is 2. The van der Waals surface area contributed by atoms with Crippen molar-refractivity contribution in [2.24, 2.45) is 0 Å². The normalized spacial score (nSPS) is 13.1. The average Bonchev–Trinajstić information content (AvgIpc) is 2.45. The molecule has 1 aromatic rings. The Kier molecular flexibility index (Phi) is 7.71. The van der Waals surface area contributed by atoms with Crippen LogP contribution in [0.5, 0.6) is 5.75 Å². The summed E-state index contributed by atoms with van der Waals surface area (Å²) in [5, 5.41) is 8.67. The molecule has 0 aliphatic rings. The summed E-state index contributed by atoms with van der Waals surface area (Å²) >= 11 is 0. The number of aliphatic hydroxyl groups is 1. The van der Waals surface area contributed by atoms with Gasteiger partial charge in [0.1, 0.15) is 5.75 Å². The second-order valence-electron chi connectivity index (χ2n) is 5.06. The predicted molar refractivity (Wildman–Crippen MR) is 82.9 cm³/mol. The van der Waals surface area contributed by atoms with E-state index in [0.717, 1.165) is 19.3 Å². The van der Waals surface area contributed by atoms with Crippen LogP contribution >= 0.6 is 0 Å². The topological polar surface area (TPSA) is 75.6 Å². The third-order valence-corrected chi connectivity index (χ3v) is 4.66. The molecule has 0 radical (unpaired) electrons. The Bertz CT molecular complexity index is 499. The van der Waals surface area contributed by atoms with Gasteiger partial charge in [-0.1, -0.05) is 19.8 Å². The summed E-state index contributed by atoms with van der Waals surface area (Å²) in [4.78, 5) is 0.236. The fourth-order valence-electron chi connectivity index (χ4n) is 1.87. The molecule has 0 spiro atoms. The van der Waals surface area contributed by atoms with Crippen molar-refractivity contribution in [3.8, 4) is 5.75 Å². The Balaban J connectivity index is 2.62. The first-order valence-corrected chi connectivity index (χ1v) is 8.84. The Hall–Kier alpha value is -1.11. The highest BCUT2D eigenvalue weighted by atomic mass is 32.2. The number of ether oxygens (including phenoxy) is 1. The van der Waals surface area contributed by atoms with Crippen LogP contribution in [0.3, 0.4) is 0 Å². The van der Waals surface area contributed by atoms with E-state index in [1.54, 1.807) is 12.1 Å². The summed E-state index contributed by atoms with van der Waals surface area (Å²) in [7, 11) is -3.48. The molecule has 120 valence electrons. The summed E-state index contributed by atoms with van der Waals surface area (Å²) in [5.41, 5.74) is 0. The number of aliphatic hydroxyl groups excluding tert-OH is 1. The molecule has 1 unspecified atom stereocenters. The van der Waals surface area contributed by atoms with Gasteiger partial charge in [0.05, 0.1) is 11.5 Å². The van der Waals surface area contributed by atoms with Gasteiger partial charge in [-0.25, -0.2) is 13.1 Å². The molecule has 0 aliphatic heterocycles. The fourth-order valence-corrected chi connectivity index (χ4v) is 3.15. The molecule has 2 N–H and O–H groups in total. The lowest BCUT2D eigenvalue weighted by molar-refractivity contribution is 0.233. The van der Waals surface area contributed by atoms with E-state index < -0.39 is 10.0 Å². The number of sulfonamides is 1. The van der Waals surface area contributed by atoms with Crippen molar-refractivity contribution in [1.82, 2.24) is 4.72 Å². The molecule has 0 aromatic heterocycles. The lowest BCUT2D eigenvalue weighted by atomic mass is 10.2. The quantitative estimate of drug-likeness (QED) is 0.650. The third-order valence-electron chi connectivity index (χ3n) is 3.05. The molecule has 0 fully saturated rings. The van der Waals surface area contributed by atoms with Crippen LogP contribution in [-0.4, -0.2) is 32.8 Å². The largest absolute Gasteiger partial charge is 0.494 e. The maximum absolute atomic E-state index is 12.2. The average molecular weight is 315 g/mol. The SMILES string of the molecule is CCCCC(C)NS(=O)(=O)c1ccc(OCCCO)cc1. The van der Waals surface area contributed by atoms with Crippen molar-refractivity contribution in [3.63, 3.8) is 0 Å². The van der Waals surface area contributed by atoms with E-state index in [2.05, 4.69) is 11.6 Å². The van der Waals surface area contributed by atoms with Crippen LogP contribution in [0, 0.1) is 0 Å². The molecular weight excluding hydrogens is 290 g/mol. The summed E-state index contributed by atoms with van der Waals surface area (Å²) in [5.74, 6) is 0.599. The lowest BCUT2D eigenvalue weighted by Gasteiger charge is -2.14. The molecule has 0 amide bonds. The zero-order valence-electron chi connectivity index (χ0n) is 12.7. The molecule has 21 heavy (non-hydrogen) atoms. The minimum Gasteiger partial charge on any atom is -0.494 e. The molecule has 0 aliphatic carbocycles. The van der Waals surface area contributed by atoms with Crippen molar-refractivity contribution in [2.75, 3.05) is 13.2 Å². The van der Waals surface area contributed by atoms with Crippen molar-refractivity contribution in [3.05, 3.63) is 24.3 Å². The van der Waals surface area contributed by atoms with E-state index in [1.807, 2.05) is 6.92 Å². The molecular formula is C15H25NO4S. The minimum absolute atomic E-state index is 0.0737. The Morgan fingerprint density at radius 2 is 1.90 bits per heavy atom. The molecule has 0 saturated carbocycles. The van der Waals surface area contributed by atoms with Crippen LogP contribution in [0.15, 0.2) is 29.2 Å². The molecule has 0 heterocycles. The van der Waals surface area contributed by atoms with Crippen molar-refractivity contribution < 1.29 is 18.3 Å². The minimum atomic E-state index is -3.48. The van der Waals surface area contributed by atoms with E-state index in [-0.39, 0.29) is 17.5 Å². The number of hydrogen-bond acceptors (Lipinski definition) is 4. The highest BCUT2D eigenvalue weighted by molar-refractivity contribution is 7.89. The number of benzene rings is 1. The number of nitrogens with one attached hydrogen (secondary N) is 1. The van der Waals surface area contributed by atoms with Crippen molar-refractivity contribution >= 4 is 10.0 Å². The number of unbranched alkanes of at least 4 members (excludes halogenated alkanes) is 1. The zero-order chi connectivity index (χ0) is 15.7. The van der Waals surface area contributed by atoms with Crippen LogP contribution in [0.25, 0.3) is 0 Å². The Labute approximate surface area is 127 Å². The van der Waals surface area contributed by atoms with E-state index in [9.17, 15) is 8.42 Å². The summed E-state index contributed by atoms with van der Waals surface area (Å²) in [6.07, 6.45) is 3.43. The van der Waals surface area contributed by atoms with Crippen LogP contribution in [0.4, 0.5) is 0 Å². The standard InChI is InChI=1S/C15H25NO4S/c1-3-4-6-13(2)16-21(18,19)15-9-7-14(8-10-15)20-12-5-11-17/h7-10,13,16-17H,3-6,11-12H2,1-2H3. The molecule has 1 aromatic carbocycles. The molecule has 0 saturated heterocycles. The van der Waals surface area contributed by atoms with Crippen LogP contribution < -0.4 is 9.46 Å². The van der Waals surface area contributed by atoms with Gasteiger partial charge < -0.3 is 9.84 Å². The maximum Gasteiger partial charge on any atom is 0.240 e. The summed E-state index contributed by atoms with van der Waals surface area (Å²) in [6.45, 7) is 4.44. The van der Waals surface area contributed by atoms with Crippen LogP contribution in [0.2, 0.25) is 0 Å². The van der Waals surface area contributed by atoms with E-state index in [4.69, 9.17) is 9.84 Å². The third kappa shape index (κ3) is 6.46. The second-order valence-corrected chi connectivity index (χ2v) is 6.78. The van der Waals surface area contributed by atoms with Crippen LogP contribution in [0.1, 0.15) is 39.5 Å². The van der Waals surface area contributed by atoms with Gasteiger partial charge in [-0.15, -0.1) is 0 Å². The maximum atomic E-state index is 12.2. The van der Waals surface area contributed by atoms with Crippen LogP contribution in [-0.2, 0) is 10.0 Å². The highest BCUT2D eigenvalue weighted by Crippen LogP contribution is 2.17. The Morgan fingerprint density at radius 3 is 2.48 bits per heavy atom. The molecule has 1 atom stereocenters. The van der Waals surface area contributed by atoms with Gasteiger partial charge >= 0.3 is 0 Å². The zero-order valence-corrected chi connectivity index (χ0v) is 13.5. The molecule has 1 rings (SSSR count). The monoisotopic (exact) mass is 315 g/mol. The highest BCUT2D eigenvalue weighted by Gasteiger charge is 2.16. The van der Waals surface area contributed by atoms with Crippen molar-refractivity contribution in [1.29, 1.82) is 0 Å². The van der Waals surface area contributed by atoms with Gasteiger partial charge in [0, 0.05) is 19.1 Å². The number of rotatable bonds is 10. The molecule has 5 nitrogen and oxygen atoms in total. The summed E-state index contributed by atoms with van der Waals surface area (Å²) < 4.78 is 32.4. The smallest absolute Gasteiger partial charge is 0.240 e. The lowest BCUT2D eigenvalue weighted by Crippen LogP contribution is -2.32. The fraction of sp³-hybridized carbons (Fsp3) is 0.600. The van der Waals surface area contributed by atoms with Gasteiger partial charge in [0.2, 0.25) is 10.0 Å². The van der Waals surface area contributed by atoms with Gasteiger partial charge in [0.15, 0.2) is 0 Å². The predicted octanol–water partition coefficient (Wildman–Crippen LogP) is 2.30. The van der Waals surface area contributed by atoms with Crippen molar-refractivity contribution in [2.45, 2.75) is 50.5 Å². The Morgan fingerprint density at radius 1 is 1.24 bits per heavy atom. The van der Waals surface area contributed by atoms with E-state index in [0.29, 0.717) is 18.8 Å². The first-order valence-electron chi connectivity index (χ1n) is 7.35. The van der Waals surface area contributed by atoms with Gasteiger partial charge in [0.25, 0.3) is 0 Å². The van der Waals surface area contributed by atoms with Gasteiger partial charge in [-0.2, -0.15) is 0 Å². The van der Waals surface area contributed by atoms with Gasteiger partial charge in [-0.05, 0) is 37.6 Å². The first-order chi connectivity index (χ1) is 9.99. The first kappa shape index (κ1) is 17.9. The summed E-state index contributed by atoms with van der Waals surface area (Å²) in [6, 6.07) is 6.24. The molecule has 6 heteroatoms.